The van der Waals surface area contributed by atoms with Gasteiger partial charge in [0.2, 0.25) is 23.6 Å². The van der Waals surface area contributed by atoms with E-state index in [0.717, 1.165) is 16.9 Å². The lowest BCUT2D eigenvalue weighted by molar-refractivity contribution is -0.193. The van der Waals surface area contributed by atoms with Crippen LogP contribution < -0.4 is 47.9 Å². The highest BCUT2D eigenvalue weighted by molar-refractivity contribution is 8.76. The number of aryl methyl sites for hydroxylation is 2. The molecule has 0 radical (unpaired) electrons. The summed E-state index contributed by atoms with van der Waals surface area (Å²) in [6.07, 6.45) is -20.3. The Labute approximate surface area is 552 Å². The molecule has 0 saturated carbocycles. The Bertz CT molecular complexity index is 3310. The second-order valence-corrected chi connectivity index (χ2v) is 23.8. The number of nitrogens with one attached hydrogen (secondary N) is 4. The van der Waals surface area contributed by atoms with E-state index in [0.29, 0.717) is 51.0 Å². The molecule has 97 heavy (non-hydrogen) atoms. The monoisotopic (exact) mass is 1440 g/mol. The highest BCUT2D eigenvalue weighted by atomic mass is 33.1. The second-order valence-electron chi connectivity index (χ2n) is 20.6. The molecule has 0 aliphatic carbocycles. The second kappa shape index (κ2) is 38.5. The largest absolute Gasteiger partial charge is 0.492 e. The van der Waals surface area contributed by atoms with Crippen LogP contribution in [-0.2, 0) is 50.5 Å². The minimum absolute atomic E-state index is 0.000684. The van der Waals surface area contributed by atoms with Crippen LogP contribution in [0.2, 0.25) is 0 Å². The summed E-state index contributed by atoms with van der Waals surface area (Å²) in [5.41, 5.74) is 22.5. The van der Waals surface area contributed by atoms with Gasteiger partial charge in [-0.1, -0.05) is 78.8 Å². The quantitative estimate of drug-likeness (QED) is 0.0302. The number of hydrogen-bond acceptors (Lipinski definition) is 19. The molecule has 26 nitrogen and oxygen atoms in total. The highest BCUT2D eigenvalue weighted by Gasteiger charge is 2.41. The molecule has 5 rings (SSSR count). The minimum Gasteiger partial charge on any atom is -0.492 e. The number of likely N-dealkylation sites (N-methyl/N-ethyl adjacent to an activating group) is 1. The number of amides is 5. The van der Waals surface area contributed by atoms with Gasteiger partial charge in [-0.05, 0) is 74.7 Å². The number of nitriles is 1. The predicted octanol–water partition coefficient (Wildman–Crippen LogP) is 6.15. The van der Waals surface area contributed by atoms with Crippen LogP contribution in [0.15, 0.2) is 60.7 Å². The van der Waals surface area contributed by atoms with E-state index in [1.54, 1.807) is 61.0 Å². The number of fused-ring (bicyclic) bond motifs is 5. The standard InChI is InChI=1S/C49H63N11O7S2.4C2HF3O2/c1-28-41(29(2)56-43(55-28)33-11-8-31(9-12-33)27-68-69-49(4,5)6)46(63)58-37(16-17-50)48(65)60(7)42-34-13-15-40(67-23-20-53)36(26-34)35-24-32(10-14-39(35)66-22-19-52)25-38(45(62)54-21-18-51)59-44(61)30(3)57-47(42)64;4*3-2(4,5)1(6)7/h8-15,24,26,30,37-38,42H,16-17,19-23,25,27,50,52-53H2,1-7H3,(H,54,62)(H,57,64)(H,58,63)(H,59,61);4*(H,6,7)/t30-,37-,38-,42-;;;;/m0..../s1. The molecule has 536 valence electrons. The van der Waals surface area contributed by atoms with Gasteiger partial charge in [-0.3, -0.25) is 24.0 Å². The first kappa shape index (κ1) is 85.8. The number of nitrogens with zero attached hydrogens (tertiary/aromatic N) is 4. The average molecular weight is 1440 g/mol. The van der Waals surface area contributed by atoms with Crippen molar-refractivity contribution in [3.8, 4) is 40.1 Å². The van der Waals surface area contributed by atoms with Gasteiger partial charge < -0.3 is 73.3 Å². The number of halogens is 12. The summed E-state index contributed by atoms with van der Waals surface area (Å²) in [6.45, 7) is 11.7. The predicted molar refractivity (Wildman–Crippen MR) is 324 cm³/mol. The molecule has 0 fully saturated rings. The van der Waals surface area contributed by atoms with Crippen molar-refractivity contribution in [3.63, 3.8) is 0 Å². The molecule has 0 spiro atoms. The Morgan fingerprint density at radius 1 is 0.701 bits per heavy atom. The average Bonchev–Trinajstić information content (AvgIpc) is 0.799. The van der Waals surface area contributed by atoms with Gasteiger partial charge in [0.1, 0.15) is 55.4 Å². The Morgan fingerprint density at radius 3 is 1.58 bits per heavy atom. The van der Waals surface area contributed by atoms with Crippen LogP contribution in [0.3, 0.4) is 0 Å². The Balaban J connectivity index is 0.00000139. The smallest absolute Gasteiger partial charge is 0.490 e. The van der Waals surface area contributed by atoms with Gasteiger partial charge in [0, 0.05) is 53.7 Å². The summed E-state index contributed by atoms with van der Waals surface area (Å²) in [6, 6.07) is 15.0. The van der Waals surface area contributed by atoms with Crippen LogP contribution >= 0.6 is 21.6 Å². The van der Waals surface area contributed by atoms with Gasteiger partial charge in [0.15, 0.2) is 5.82 Å². The summed E-state index contributed by atoms with van der Waals surface area (Å²) in [5, 5.41) is 48.5. The lowest BCUT2D eigenvalue weighted by Crippen LogP contribution is -2.56. The molecule has 1 aliphatic heterocycles. The molecule has 0 saturated heterocycles. The number of hydrogen-bond donors (Lipinski definition) is 11. The molecule has 4 atom stereocenters. The SMILES string of the molecule is Cc1nc(-c2ccc(CSSC(C)(C)C)cc2)nc(C)c1C(=O)N[C@@H](CCN)C(=O)N(C)[C@@H]1C(=O)N[C@@H](C)C(=O)N[C@H](C(=O)NCC#N)Cc2ccc(OCCN)c(c2)-c2cc1ccc2OCCN.O=C(O)C(F)(F)F.O=C(O)C(F)(F)F.O=C(O)C(F)(F)F.O=C(O)C(F)(F)F. The number of rotatable bonds is 18. The molecular weight excluding hydrogens is 1370 g/mol. The first-order valence-electron chi connectivity index (χ1n) is 27.6. The van der Waals surface area contributed by atoms with Crippen molar-refractivity contribution < 1.29 is 126 Å². The highest BCUT2D eigenvalue weighted by Crippen LogP contribution is 2.41. The zero-order chi connectivity index (χ0) is 74.7. The molecule has 3 aromatic carbocycles. The lowest BCUT2D eigenvalue weighted by atomic mass is 9.93. The van der Waals surface area contributed by atoms with Gasteiger partial charge in [0.25, 0.3) is 5.91 Å². The van der Waals surface area contributed by atoms with E-state index in [9.17, 15) is 81.9 Å². The summed E-state index contributed by atoms with van der Waals surface area (Å²) >= 11 is 0. The topological polar surface area (TPSA) is 432 Å². The van der Waals surface area contributed by atoms with E-state index in [4.69, 9.17) is 66.3 Å². The van der Waals surface area contributed by atoms with Crippen LogP contribution in [0.5, 0.6) is 11.5 Å². The number of carboxylic acids is 4. The van der Waals surface area contributed by atoms with Crippen molar-refractivity contribution in [3.05, 3.63) is 94.3 Å². The molecule has 14 N–H and O–H groups in total. The van der Waals surface area contributed by atoms with Crippen molar-refractivity contribution in [1.29, 1.82) is 5.26 Å². The number of nitrogens with two attached hydrogens (primary N) is 3. The van der Waals surface area contributed by atoms with E-state index in [-0.39, 0.29) is 62.5 Å². The summed E-state index contributed by atoms with van der Waals surface area (Å²) in [7, 11) is 5.03. The fourth-order valence-electron chi connectivity index (χ4n) is 7.56. The molecule has 1 aromatic heterocycles. The number of aliphatic carboxylic acids is 4. The third-order valence-electron chi connectivity index (χ3n) is 11.8. The van der Waals surface area contributed by atoms with E-state index in [2.05, 4.69) is 52.0 Å². The van der Waals surface area contributed by atoms with Crippen molar-refractivity contribution >= 4 is 75.0 Å². The van der Waals surface area contributed by atoms with Gasteiger partial charge in [-0.25, -0.2) is 29.1 Å². The van der Waals surface area contributed by atoms with Crippen molar-refractivity contribution in [2.24, 2.45) is 17.2 Å². The number of aromatic nitrogens is 2. The Morgan fingerprint density at radius 2 is 1.15 bits per heavy atom. The molecule has 40 heteroatoms. The van der Waals surface area contributed by atoms with Gasteiger partial charge in [-0.15, -0.1) is 0 Å². The molecule has 5 amide bonds. The van der Waals surface area contributed by atoms with Crippen LogP contribution in [0.4, 0.5) is 52.7 Å². The van der Waals surface area contributed by atoms with Crippen molar-refractivity contribution in [2.45, 2.75) is 114 Å². The van der Waals surface area contributed by atoms with Gasteiger partial charge >= 0.3 is 48.6 Å². The third-order valence-corrected chi connectivity index (χ3v) is 15.1. The first-order valence-corrected chi connectivity index (χ1v) is 29.9. The molecule has 1 aliphatic rings. The maximum Gasteiger partial charge on any atom is 0.490 e. The Kier molecular flexibility index (Phi) is 34.1. The van der Waals surface area contributed by atoms with Crippen LogP contribution in [0.1, 0.15) is 78.6 Å². The number of alkyl halides is 12. The molecular formula is C57H67F12N11O15S2. The van der Waals surface area contributed by atoms with Gasteiger partial charge in [-0.2, -0.15) is 57.9 Å². The van der Waals surface area contributed by atoms with Crippen LogP contribution in [0.25, 0.3) is 22.5 Å². The number of carbonyl (C=O) groups excluding carboxylic acids is 5. The minimum atomic E-state index is -5.08. The lowest BCUT2D eigenvalue weighted by Gasteiger charge is -2.32. The number of carboxylic acid groups (broad SMARTS) is 4. The molecule has 2 heterocycles. The van der Waals surface area contributed by atoms with E-state index >= 15 is 0 Å². The third kappa shape index (κ3) is 29.8. The molecule has 4 aromatic rings. The fraction of sp³-hybridized carbons (Fsp3) is 0.439. The number of ether oxygens (including phenoxy) is 2. The van der Waals surface area contributed by atoms with Crippen LogP contribution in [-0.4, -0.2) is 183 Å². The zero-order valence-corrected chi connectivity index (χ0v) is 53.7. The number of benzene rings is 3. The summed E-state index contributed by atoms with van der Waals surface area (Å²) in [4.78, 5) is 117. The maximum atomic E-state index is 14.8. The first-order chi connectivity index (χ1) is 44.7. The molecule has 4 bridgehead atoms. The number of carbonyl (C=O) groups is 9. The van der Waals surface area contributed by atoms with Crippen molar-refractivity contribution in [2.75, 3.05) is 46.4 Å². The van der Waals surface area contributed by atoms with Gasteiger partial charge in [0.05, 0.1) is 23.0 Å². The van der Waals surface area contributed by atoms with Crippen molar-refractivity contribution in [1.82, 2.24) is 36.1 Å². The maximum absolute atomic E-state index is 14.8. The Hall–Kier alpha value is -9.20. The van der Waals surface area contributed by atoms with E-state index in [1.165, 1.54) is 18.9 Å². The fourth-order valence-corrected chi connectivity index (χ4v) is 9.95. The summed E-state index contributed by atoms with van der Waals surface area (Å²) < 4.78 is 139. The zero-order valence-electron chi connectivity index (χ0n) is 52.1. The van der Waals surface area contributed by atoms with E-state index in [1.807, 2.05) is 41.1 Å². The summed E-state index contributed by atoms with van der Waals surface area (Å²) in [5.74, 6) is -12.3. The van der Waals surface area contributed by atoms with E-state index < -0.39 is 102 Å². The van der Waals surface area contributed by atoms with Crippen LogP contribution in [0, 0.1) is 25.2 Å². The molecule has 0 unspecified atom stereocenters. The normalized spacial score (nSPS) is 15.0.